The molecule has 0 saturated heterocycles. The molecule has 3 heteroatoms. The van der Waals surface area contributed by atoms with Crippen molar-refractivity contribution in [2.24, 2.45) is 0 Å². The Morgan fingerprint density at radius 3 is 2.53 bits per heavy atom. The highest BCUT2D eigenvalue weighted by Crippen LogP contribution is 2.26. The van der Waals surface area contributed by atoms with E-state index in [4.69, 9.17) is 11.6 Å². The molecule has 0 aliphatic rings. The molecule has 1 aromatic carbocycles. The molecule has 1 heterocycles. The third kappa shape index (κ3) is 1.86. The summed E-state index contributed by atoms with van der Waals surface area (Å²) in [4.78, 5) is 7.88. The van der Waals surface area contributed by atoms with Gasteiger partial charge in [0.25, 0.3) is 0 Å². The predicted molar refractivity (Wildman–Crippen MR) is 64.5 cm³/mol. The van der Waals surface area contributed by atoms with Crippen molar-refractivity contribution in [3.8, 4) is 0 Å². The van der Waals surface area contributed by atoms with Crippen LogP contribution >= 0.6 is 11.6 Å². The Labute approximate surface area is 94.7 Å². The van der Waals surface area contributed by atoms with Crippen LogP contribution < -0.4 is 0 Å². The average Bonchev–Trinajstić information content (AvgIpc) is 2.47. The maximum atomic E-state index is 6.06. The van der Waals surface area contributed by atoms with E-state index < -0.39 is 0 Å². The van der Waals surface area contributed by atoms with Crippen LogP contribution in [0.4, 0.5) is 0 Å². The van der Waals surface area contributed by atoms with Gasteiger partial charge >= 0.3 is 0 Å². The summed E-state index contributed by atoms with van der Waals surface area (Å²) in [5, 5.41) is 0.773. The van der Waals surface area contributed by atoms with Crippen LogP contribution in [0.5, 0.6) is 0 Å². The van der Waals surface area contributed by atoms with Gasteiger partial charge in [0.15, 0.2) is 0 Å². The lowest BCUT2D eigenvalue weighted by Gasteiger charge is -2.13. The third-order valence-electron chi connectivity index (χ3n) is 2.47. The second kappa shape index (κ2) is 3.24. The highest BCUT2D eigenvalue weighted by atomic mass is 35.5. The van der Waals surface area contributed by atoms with Crippen LogP contribution in [0.25, 0.3) is 11.0 Å². The quantitative estimate of drug-likeness (QED) is 0.721. The van der Waals surface area contributed by atoms with E-state index in [1.807, 2.05) is 19.1 Å². The van der Waals surface area contributed by atoms with Crippen LogP contribution in [0.15, 0.2) is 12.1 Å². The van der Waals surface area contributed by atoms with Crippen molar-refractivity contribution in [3.05, 3.63) is 28.5 Å². The molecule has 1 N–H and O–H groups in total. The van der Waals surface area contributed by atoms with Gasteiger partial charge < -0.3 is 4.98 Å². The van der Waals surface area contributed by atoms with Gasteiger partial charge in [-0.25, -0.2) is 4.98 Å². The van der Waals surface area contributed by atoms with Crippen molar-refractivity contribution in [2.45, 2.75) is 33.1 Å². The van der Waals surface area contributed by atoms with Crippen LogP contribution in [-0.2, 0) is 5.41 Å². The number of benzene rings is 1. The van der Waals surface area contributed by atoms with E-state index in [1.54, 1.807) is 0 Å². The Bertz CT molecular complexity index is 467. The molecule has 0 saturated carbocycles. The molecule has 2 nitrogen and oxygen atoms in total. The first-order valence-electron chi connectivity index (χ1n) is 5.04. The van der Waals surface area contributed by atoms with Crippen molar-refractivity contribution < 1.29 is 0 Å². The number of nitrogens with zero attached hydrogens (tertiary/aromatic N) is 1. The van der Waals surface area contributed by atoms with E-state index in [9.17, 15) is 0 Å². The molecule has 1 aromatic heterocycles. The summed E-state index contributed by atoms with van der Waals surface area (Å²) >= 11 is 6.06. The molecule has 0 aliphatic heterocycles. The Morgan fingerprint density at radius 2 is 1.93 bits per heavy atom. The van der Waals surface area contributed by atoms with Crippen molar-refractivity contribution in [2.75, 3.05) is 0 Å². The zero-order valence-corrected chi connectivity index (χ0v) is 10.2. The Balaban J connectivity index is 2.66. The Morgan fingerprint density at radius 1 is 1.27 bits per heavy atom. The molecule has 0 amide bonds. The van der Waals surface area contributed by atoms with Gasteiger partial charge in [-0.05, 0) is 24.6 Å². The minimum Gasteiger partial charge on any atom is -0.342 e. The van der Waals surface area contributed by atoms with E-state index >= 15 is 0 Å². The fraction of sp³-hybridized carbons (Fsp3) is 0.417. The maximum absolute atomic E-state index is 6.06. The summed E-state index contributed by atoms with van der Waals surface area (Å²) in [6, 6.07) is 3.96. The van der Waals surface area contributed by atoms with Crippen molar-refractivity contribution >= 4 is 22.6 Å². The minimum absolute atomic E-state index is 0.0411. The van der Waals surface area contributed by atoms with Crippen molar-refractivity contribution in [1.82, 2.24) is 9.97 Å². The molecular formula is C12H15ClN2. The van der Waals surface area contributed by atoms with Gasteiger partial charge in [-0.1, -0.05) is 32.4 Å². The molecule has 0 spiro atoms. The highest BCUT2D eigenvalue weighted by molar-refractivity contribution is 6.32. The monoisotopic (exact) mass is 222 g/mol. The topological polar surface area (TPSA) is 28.7 Å². The predicted octanol–water partition coefficient (Wildman–Crippen LogP) is 3.82. The summed E-state index contributed by atoms with van der Waals surface area (Å²) in [5.41, 5.74) is 3.12. The molecule has 0 unspecified atom stereocenters. The number of halogens is 1. The zero-order chi connectivity index (χ0) is 11.2. The van der Waals surface area contributed by atoms with Gasteiger partial charge in [0, 0.05) is 10.4 Å². The van der Waals surface area contributed by atoms with Crippen molar-refractivity contribution in [3.63, 3.8) is 0 Å². The highest BCUT2D eigenvalue weighted by Gasteiger charge is 2.18. The number of aromatic nitrogens is 2. The molecule has 15 heavy (non-hydrogen) atoms. The Hall–Kier alpha value is -1.02. The fourth-order valence-electron chi connectivity index (χ4n) is 1.49. The van der Waals surface area contributed by atoms with Gasteiger partial charge in [-0.2, -0.15) is 0 Å². The SMILES string of the molecule is Cc1cc2[nH]c(C(C)(C)C)nc2cc1Cl. The van der Waals surface area contributed by atoms with E-state index in [2.05, 4.69) is 30.7 Å². The van der Waals surface area contributed by atoms with Crippen molar-refractivity contribution in [1.29, 1.82) is 0 Å². The summed E-state index contributed by atoms with van der Waals surface area (Å²) in [5.74, 6) is 0.999. The van der Waals surface area contributed by atoms with Gasteiger partial charge in [0.1, 0.15) is 5.82 Å². The second-order valence-electron chi connectivity index (χ2n) is 4.95. The van der Waals surface area contributed by atoms with Gasteiger partial charge in [-0.3, -0.25) is 0 Å². The number of fused-ring (bicyclic) bond motifs is 1. The number of aromatic amines is 1. The summed E-state index contributed by atoms with van der Waals surface area (Å²) in [6.07, 6.45) is 0. The van der Waals surface area contributed by atoms with Gasteiger partial charge in [-0.15, -0.1) is 0 Å². The lowest BCUT2D eigenvalue weighted by Crippen LogP contribution is -2.12. The molecule has 0 bridgehead atoms. The van der Waals surface area contributed by atoms with Crippen LogP contribution in [0.2, 0.25) is 5.02 Å². The lowest BCUT2D eigenvalue weighted by molar-refractivity contribution is 0.554. The molecular weight excluding hydrogens is 208 g/mol. The first-order valence-corrected chi connectivity index (χ1v) is 5.42. The largest absolute Gasteiger partial charge is 0.342 e. The summed E-state index contributed by atoms with van der Waals surface area (Å²) < 4.78 is 0. The molecule has 0 aliphatic carbocycles. The van der Waals surface area contributed by atoms with Crippen LogP contribution in [0, 0.1) is 6.92 Å². The number of hydrogen-bond acceptors (Lipinski definition) is 1. The normalized spacial score (nSPS) is 12.3. The summed E-state index contributed by atoms with van der Waals surface area (Å²) in [6.45, 7) is 8.41. The Kier molecular flexibility index (Phi) is 2.27. The lowest BCUT2D eigenvalue weighted by atomic mass is 9.96. The molecule has 0 atom stereocenters. The van der Waals surface area contributed by atoms with Gasteiger partial charge in [0.05, 0.1) is 11.0 Å². The summed E-state index contributed by atoms with van der Waals surface area (Å²) in [7, 11) is 0. The van der Waals surface area contributed by atoms with Gasteiger partial charge in [0.2, 0.25) is 0 Å². The van der Waals surface area contributed by atoms with Crippen LogP contribution in [-0.4, -0.2) is 9.97 Å². The van der Waals surface area contributed by atoms with E-state index in [-0.39, 0.29) is 5.41 Å². The van der Waals surface area contributed by atoms with Crippen LogP contribution in [0.1, 0.15) is 32.2 Å². The number of nitrogens with one attached hydrogen (secondary N) is 1. The smallest absolute Gasteiger partial charge is 0.112 e. The van der Waals surface area contributed by atoms with Crippen LogP contribution in [0.3, 0.4) is 0 Å². The maximum Gasteiger partial charge on any atom is 0.112 e. The molecule has 80 valence electrons. The first kappa shape index (κ1) is 10.5. The van der Waals surface area contributed by atoms with E-state index in [1.165, 1.54) is 0 Å². The standard InChI is InChI=1S/C12H15ClN2/c1-7-5-9-10(6-8(7)13)15-11(14-9)12(2,3)4/h5-6H,1-4H3,(H,14,15). The van der Waals surface area contributed by atoms with E-state index in [0.29, 0.717) is 0 Å². The second-order valence-corrected chi connectivity index (χ2v) is 5.36. The third-order valence-corrected chi connectivity index (χ3v) is 2.88. The minimum atomic E-state index is 0.0411. The molecule has 2 aromatic rings. The average molecular weight is 223 g/mol. The molecule has 0 fully saturated rings. The number of imidazole rings is 1. The number of hydrogen-bond donors (Lipinski definition) is 1. The molecule has 2 rings (SSSR count). The first-order chi connectivity index (χ1) is 6.88. The fourth-order valence-corrected chi connectivity index (χ4v) is 1.65. The van der Waals surface area contributed by atoms with E-state index in [0.717, 1.165) is 27.4 Å². The number of H-pyrrole nitrogens is 1. The zero-order valence-electron chi connectivity index (χ0n) is 9.48. The number of rotatable bonds is 0. The molecule has 0 radical (unpaired) electrons. The number of aryl methyl sites for hydroxylation is 1.